The molecule has 11 nitrogen and oxygen atoms in total. The van der Waals surface area contributed by atoms with Gasteiger partial charge in [0.1, 0.15) is 11.4 Å². The van der Waals surface area contributed by atoms with Gasteiger partial charge in [0.25, 0.3) is 5.56 Å². The molecule has 0 radical (unpaired) electrons. The number of aryl methyl sites for hydroxylation is 2. The van der Waals surface area contributed by atoms with Crippen molar-refractivity contribution in [3.8, 4) is 0 Å². The SMILES string of the molecule is Cc1cc(NC(=O)C(C)SCC(=O)Nc2cnc3c(c2)c(=O)n(C)c(=O)n3C)no1. The van der Waals surface area contributed by atoms with Crippen LogP contribution in [-0.2, 0) is 23.7 Å². The number of hydrogen-bond donors (Lipinski definition) is 2. The van der Waals surface area contributed by atoms with E-state index in [1.807, 2.05) is 0 Å². The van der Waals surface area contributed by atoms with E-state index in [1.54, 1.807) is 19.9 Å². The van der Waals surface area contributed by atoms with Gasteiger partial charge in [0.05, 0.1) is 28.3 Å². The maximum absolute atomic E-state index is 12.3. The van der Waals surface area contributed by atoms with E-state index in [1.165, 1.54) is 30.9 Å². The molecule has 3 aromatic heterocycles. The van der Waals surface area contributed by atoms with Crippen molar-refractivity contribution < 1.29 is 14.1 Å². The summed E-state index contributed by atoms with van der Waals surface area (Å²) in [5, 5.41) is 8.64. The number of nitrogens with one attached hydrogen (secondary N) is 2. The fourth-order valence-corrected chi connectivity index (χ4v) is 3.34. The van der Waals surface area contributed by atoms with Gasteiger partial charge in [-0.25, -0.2) is 9.78 Å². The van der Waals surface area contributed by atoms with Crippen molar-refractivity contribution in [2.24, 2.45) is 14.1 Å². The molecular formula is C18H20N6O5S. The van der Waals surface area contributed by atoms with Crippen molar-refractivity contribution in [2.45, 2.75) is 19.1 Å². The van der Waals surface area contributed by atoms with Gasteiger partial charge in [0.15, 0.2) is 5.82 Å². The first kappa shape index (κ1) is 21.3. The van der Waals surface area contributed by atoms with E-state index in [9.17, 15) is 19.2 Å². The number of anilines is 2. The summed E-state index contributed by atoms with van der Waals surface area (Å²) in [5.41, 5.74) is -0.441. The summed E-state index contributed by atoms with van der Waals surface area (Å²) in [6.45, 7) is 3.38. The van der Waals surface area contributed by atoms with Gasteiger partial charge in [-0.05, 0) is 19.9 Å². The third kappa shape index (κ3) is 4.43. The lowest BCUT2D eigenvalue weighted by atomic mass is 10.3. The van der Waals surface area contributed by atoms with Crippen LogP contribution in [-0.4, -0.2) is 42.1 Å². The smallest absolute Gasteiger partial charge is 0.332 e. The summed E-state index contributed by atoms with van der Waals surface area (Å²) in [5.74, 6) is 0.226. The van der Waals surface area contributed by atoms with Gasteiger partial charge in [-0.2, -0.15) is 0 Å². The minimum Gasteiger partial charge on any atom is -0.360 e. The molecule has 0 aliphatic rings. The minimum absolute atomic E-state index is 0.00968. The monoisotopic (exact) mass is 432 g/mol. The Balaban J connectivity index is 1.63. The van der Waals surface area contributed by atoms with Crippen LogP contribution in [0.4, 0.5) is 11.5 Å². The fraction of sp³-hybridized carbons (Fsp3) is 0.333. The van der Waals surface area contributed by atoms with Gasteiger partial charge >= 0.3 is 5.69 Å². The van der Waals surface area contributed by atoms with Crippen LogP contribution in [0.2, 0.25) is 0 Å². The molecule has 3 heterocycles. The Bertz CT molecular complexity index is 1240. The molecule has 0 aliphatic heterocycles. The van der Waals surface area contributed by atoms with Crippen LogP contribution < -0.4 is 21.9 Å². The third-order valence-corrected chi connectivity index (χ3v) is 5.43. The van der Waals surface area contributed by atoms with E-state index in [0.717, 1.165) is 16.3 Å². The molecule has 30 heavy (non-hydrogen) atoms. The van der Waals surface area contributed by atoms with Crippen molar-refractivity contribution in [1.29, 1.82) is 0 Å². The maximum atomic E-state index is 12.3. The highest BCUT2D eigenvalue weighted by molar-refractivity contribution is 8.01. The highest BCUT2D eigenvalue weighted by atomic mass is 32.2. The van der Waals surface area contributed by atoms with Crippen LogP contribution in [0.15, 0.2) is 32.4 Å². The Hall–Kier alpha value is -3.41. The van der Waals surface area contributed by atoms with E-state index in [-0.39, 0.29) is 28.6 Å². The first-order valence-corrected chi connectivity index (χ1v) is 9.93. The van der Waals surface area contributed by atoms with E-state index in [4.69, 9.17) is 4.52 Å². The van der Waals surface area contributed by atoms with Crippen molar-refractivity contribution in [3.05, 3.63) is 44.9 Å². The number of fused-ring (bicyclic) bond motifs is 1. The number of amides is 2. The lowest BCUT2D eigenvalue weighted by Crippen LogP contribution is -2.37. The second-order valence-corrected chi connectivity index (χ2v) is 7.94. The van der Waals surface area contributed by atoms with Crippen molar-refractivity contribution in [2.75, 3.05) is 16.4 Å². The average molecular weight is 432 g/mol. The summed E-state index contributed by atoms with van der Waals surface area (Å²) < 4.78 is 7.12. The van der Waals surface area contributed by atoms with Crippen LogP contribution in [0, 0.1) is 6.92 Å². The molecule has 0 aliphatic carbocycles. The molecule has 0 saturated heterocycles. The summed E-state index contributed by atoms with van der Waals surface area (Å²) >= 11 is 1.14. The molecule has 12 heteroatoms. The number of carbonyl (C=O) groups is 2. The first-order valence-electron chi connectivity index (χ1n) is 8.88. The predicted octanol–water partition coefficient (Wildman–Crippen LogP) is 0.628. The zero-order valence-corrected chi connectivity index (χ0v) is 17.6. The molecular weight excluding hydrogens is 412 g/mol. The van der Waals surface area contributed by atoms with Crippen molar-refractivity contribution in [3.63, 3.8) is 0 Å². The Morgan fingerprint density at radius 1 is 1.20 bits per heavy atom. The summed E-state index contributed by atoms with van der Waals surface area (Å²) in [6.07, 6.45) is 1.37. The molecule has 0 spiro atoms. The van der Waals surface area contributed by atoms with Gasteiger partial charge in [0, 0.05) is 20.2 Å². The number of rotatable bonds is 6. The van der Waals surface area contributed by atoms with E-state index >= 15 is 0 Å². The number of hydrogen-bond acceptors (Lipinski definition) is 8. The van der Waals surface area contributed by atoms with Gasteiger partial charge in [0.2, 0.25) is 11.8 Å². The lowest BCUT2D eigenvalue weighted by molar-refractivity contribution is -0.115. The Labute approximate surface area is 174 Å². The van der Waals surface area contributed by atoms with E-state index < -0.39 is 16.5 Å². The topological polar surface area (TPSA) is 141 Å². The second kappa shape index (κ2) is 8.53. The van der Waals surface area contributed by atoms with Crippen LogP contribution in [0.3, 0.4) is 0 Å². The molecule has 1 unspecified atom stereocenters. The van der Waals surface area contributed by atoms with Gasteiger partial charge in [-0.15, -0.1) is 11.8 Å². The fourth-order valence-electron chi connectivity index (χ4n) is 2.66. The molecule has 3 rings (SSSR count). The minimum atomic E-state index is -0.510. The van der Waals surface area contributed by atoms with Gasteiger partial charge in [-0.1, -0.05) is 5.16 Å². The standard InChI is InChI=1S/C18H20N6O5S/c1-9-5-13(22-29-9)21-16(26)10(2)30-8-14(25)20-11-6-12-15(19-7-11)23(3)18(28)24(4)17(12)27/h5-7,10H,8H2,1-4H3,(H,20,25)(H,21,22,26). The summed E-state index contributed by atoms with van der Waals surface area (Å²) in [7, 11) is 2.89. The molecule has 2 amide bonds. The van der Waals surface area contributed by atoms with Gasteiger partial charge in [-0.3, -0.25) is 23.5 Å². The van der Waals surface area contributed by atoms with Crippen molar-refractivity contribution in [1.82, 2.24) is 19.3 Å². The average Bonchev–Trinajstić information content (AvgIpc) is 3.13. The highest BCUT2D eigenvalue weighted by Gasteiger charge is 2.17. The molecule has 0 aromatic carbocycles. The van der Waals surface area contributed by atoms with Crippen LogP contribution in [0.5, 0.6) is 0 Å². The highest BCUT2D eigenvalue weighted by Crippen LogP contribution is 2.16. The van der Waals surface area contributed by atoms with E-state index in [2.05, 4.69) is 20.8 Å². The predicted molar refractivity (Wildman–Crippen MR) is 113 cm³/mol. The van der Waals surface area contributed by atoms with E-state index in [0.29, 0.717) is 17.3 Å². The largest absolute Gasteiger partial charge is 0.360 e. The van der Waals surface area contributed by atoms with Crippen LogP contribution in [0.1, 0.15) is 12.7 Å². The normalized spacial score (nSPS) is 12.0. The quantitative estimate of drug-likeness (QED) is 0.578. The third-order valence-electron chi connectivity index (χ3n) is 4.29. The molecule has 3 aromatic rings. The molecule has 158 valence electrons. The zero-order valence-electron chi connectivity index (χ0n) is 16.8. The number of nitrogens with zero attached hydrogens (tertiary/aromatic N) is 4. The first-order chi connectivity index (χ1) is 14.2. The maximum Gasteiger partial charge on any atom is 0.332 e. The second-order valence-electron chi connectivity index (χ2n) is 6.61. The van der Waals surface area contributed by atoms with Crippen molar-refractivity contribution >= 4 is 46.1 Å². The summed E-state index contributed by atoms with van der Waals surface area (Å²) in [6, 6.07) is 3.06. The molecule has 1 atom stereocenters. The number of thioether (sulfide) groups is 1. The Morgan fingerprint density at radius 2 is 1.93 bits per heavy atom. The number of pyridine rings is 1. The Morgan fingerprint density at radius 3 is 2.60 bits per heavy atom. The number of carbonyl (C=O) groups excluding carboxylic acids is 2. The lowest BCUT2D eigenvalue weighted by Gasteiger charge is -2.11. The molecule has 0 fully saturated rings. The van der Waals surface area contributed by atoms with Crippen LogP contribution in [0.25, 0.3) is 11.0 Å². The molecule has 0 bridgehead atoms. The molecule has 0 saturated carbocycles. The Kier molecular flexibility index (Phi) is 6.06. The summed E-state index contributed by atoms with van der Waals surface area (Å²) in [4.78, 5) is 52.8. The van der Waals surface area contributed by atoms with Gasteiger partial charge < -0.3 is 15.2 Å². The number of aromatic nitrogens is 4. The van der Waals surface area contributed by atoms with Crippen LogP contribution >= 0.6 is 11.8 Å². The molecule has 2 N–H and O–H groups in total. The zero-order chi connectivity index (χ0) is 22.0.